The molecule has 1 N–H and O–H groups in total. The molecule has 0 spiro atoms. The Morgan fingerprint density at radius 3 is 3.00 bits per heavy atom. The van der Waals surface area contributed by atoms with E-state index in [4.69, 9.17) is 16.7 Å². The SMILES string of the molecule is C/C(=C/Cl)CSc1cccc(CO)c1. The second kappa shape index (κ2) is 6.12. The summed E-state index contributed by atoms with van der Waals surface area (Å²) in [5.41, 5.74) is 3.69. The lowest BCUT2D eigenvalue weighted by Crippen LogP contribution is -1.84. The van der Waals surface area contributed by atoms with E-state index < -0.39 is 0 Å². The first kappa shape index (κ1) is 11.6. The fourth-order valence-corrected chi connectivity index (χ4v) is 2.02. The molecule has 0 atom stereocenters. The van der Waals surface area contributed by atoms with Gasteiger partial charge in [-0.25, -0.2) is 0 Å². The van der Waals surface area contributed by atoms with Crippen LogP contribution in [0.3, 0.4) is 0 Å². The zero-order valence-corrected chi connectivity index (χ0v) is 9.61. The van der Waals surface area contributed by atoms with Crippen molar-refractivity contribution in [2.24, 2.45) is 0 Å². The Morgan fingerprint density at radius 1 is 1.57 bits per heavy atom. The Kier molecular flexibility index (Phi) is 5.09. The number of hydrogen-bond acceptors (Lipinski definition) is 2. The van der Waals surface area contributed by atoms with E-state index in [1.165, 1.54) is 0 Å². The van der Waals surface area contributed by atoms with Gasteiger partial charge in [-0.05, 0) is 24.6 Å². The number of rotatable bonds is 4. The molecule has 0 saturated heterocycles. The first-order valence-electron chi connectivity index (χ1n) is 4.34. The maximum atomic E-state index is 8.94. The molecule has 0 unspecified atom stereocenters. The number of thioether (sulfide) groups is 1. The van der Waals surface area contributed by atoms with Crippen molar-refractivity contribution >= 4 is 23.4 Å². The number of benzene rings is 1. The summed E-state index contributed by atoms with van der Waals surface area (Å²) in [4.78, 5) is 1.16. The van der Waals surface area contributed by atoms with Gasteiger partial charge in [-0.15, -0.1) is 11.8 Å². The van der Waals surface area contributed by atoms with Crippen LogP contribution in [0.4, 0.5) is 0 Å². The molecule has 0 bridgehead atoms. The molecular weight excluding hydrogens is 216 g/mol. The van der Waals surface area contributed by atoms with Gasteiger partial charge in [0.1, 0.15) is 0 Å². The lowest BCUT2D eigenvalue weighted by Gasteiger charge is -2.02. The van der Waals surface area contributed by atoms with E-state index in [9.17, 15) is 0 Å². The normalized spacial score (nSPS) is 11.8. The molecule has 0 fully saturated rings. The van der Waals surface area contributed by atoms with Crippen molar-refractivity contribution in [1.82, 2.24) is 0 Å². The highest BCUT2D eigenvalue weighted by Gasteiger charge is 1.96. The molecule has 0 radical (unpaired) electrons. The predicted molar refractivity (Wildman–Crippen MR) is 62.7 cm³/mol. The molecule has 0 aliphatic heterocycles. The van der Waals surface area contributed by atoms with E-state index in [-0.39, 0.29) is 6.61 Å². The van der Waals surface area contributed by atoms with Gasteiger partial charge in [0.15, 0.2) is 0 Å². The lowest BCUT2D eigenvalue weighted by atomic mass is 10.2. The monoisotopic (exact) mass is 228 g/mol. The maximum absolute atomic E-state index is 8.94. The quantitative estimate of drug-likeness (QED) is 0.797. The fourth-order valence-electron chi connectivity index (χ4n) is 0.962. The van der Waals surface area contributed by atoms with Crippen molar-refractivity contribution in [2.45, 2.75) is 18.4 Å². The van der Waals surface area contributed by atoms with Gasteiger partial charge in [0.2, 0.25) is 0 Å². The van der Waals surface area contributed by atoms with E-state index in [1.807, 2.05) is 31.2 Å². The van der Waals surface area contributed by atoms with Gasteiger partial charge in [-0.3, -0.25) is 0 Å². The van der Waals surface area contributed by atoms with Crippen LogP contribution < -0.4 is 0 Å². The molecule has 0 aliphatic carbocycles. The van der Waals surface area contributed by atoms with E-state index in [2.05, 4.69) is 0 Å². The van der Waals surface area contributed by atoms with Crippen molar-refractivity contribution in [3.8, 4) is 0 Å². The third-order valence-corrected chi connectivity index (χ3v) is 3.29. The van der Waals surface area contributed by atoms with Gasteiger partial charge in [0.25, 0.3) is 0 Å². The topological polar surface area (TPSA) is 20.2 Å². The minimum Gasteiger partial charge on any atom is -0.392 e. The van der Waals surface area contributed by atoms with E-state index in [1.54, 1.807) is 17.3 Å². The van der Waals surface area contributed by atoms with Crippen LogP contribution in [-0.2, 0) is 6.61 Å². The molecule has 1 aromatic rings. The largest absolute Gasteiger partial charge is 0.392 e. The van der Waals surface area contributed by atoms with Crippen LogP contribution in [0.15, 0.2) is 40.3 Å². The summed E-state index contributed by atoms with van der Waals surface area (Å²) in [6, 6.07) is 7.89. The third kappa shape index (κ3) is 3.74. The summed E-state index contributed by atoms with van der Waals surface area (Å²) >= 11 is 7.28. The minimum atomic E-state index is 0.0960. The molecule has 76 valence electrons. The van der Waals surface area contributed by atoms with Crippen molar-refractivity contribution in [2.75, 3.05) is 5.75 Å². The summed E-state index contributed by atoms with van der Waals surface area (Å²) in [6.45, 7) is 2.09. The Labute approximate surface area is 93.8 Å². The smallest absolute Gasteiger partial charge is 0.0682 e. The molecule has 3 heteroatoms. The molecule has 1 rings (SSSR count). The molecular formula is C11H13ClOS. The van der Waals surface area contributed by atoms with Crippen LogP contribution in [0.1, 0.15) is 12.5 Å². The molecule has 0 heterocycles. The van der Waals surface area contributed by atoms with E-state index in [0.29, 0.717) is 0 Å². The van der Waals surface area contributed by atoms with Crippen LogP contribution >= 0.6 is 23.4 Å². The Balaban J connectivity index is 2.58. The third-order valence-electron chi connectivity index (χ3n) is 1.73. The average Bonchev–Trinajstić information content (AvgIpc) is 2.26. The maximum Gasteiger partial charge on any atom is 0.0682 e. The van der Waals surface area contributed by atoms with Crippen molar-refractivity contribution < 1.29 is 5.11 Å². The highest BCUT2D eigenvalue weighted by atomic mass is 35.5. The molecule has 1 nitrogen and oxygen atoms in total. The predicted octanol–water partition coefficient (Wildman–Crippen LogP) is 3.41. The van der Waals surface area contributed by atoms with Gasteiger partial charge < -0.3 is 5.11 Å². The van der Waals surface area contributed by atoms with Crippen molar-refractivity contribution in [3.05, 3.63) is 40.9 Å². The molecule has 0 aromatic heterocycles. The van der Waals surface area contributed by atoms with E-state index >= 15 is 0 Å². The minimum absolute atomic E-state index is 0.0960. The van der Waals surface area contributed by atoms with Crippen LogP contribution in [0, 0.1) is 0 Å². The first-order chi connectivity index (χ1) is 6.76. The number of halogens is 1. The highest BCUT2D eigenvalue weighted by molar-refractivity contribution is 7.99. The van der Waals surface area contributed by atoms with Gasteiger partial charge >= 0.3 is 0 Å². The van der Waals surface area contributed by atoms with Crippen LogP contribution in [-0.4, -0.2) is 10.9 Å². The summed E-state index contributed by atoms with van der Waals surface area (Å²) in [6.07, 6.45) is 0. The molecule has 0 amide bonds. The van der Waals surface area contributed by atoms with E-state index in [0.717, 1.165) is 21.8 Å². The average molecular weight is 229 g/mol. The van der Waals surface area contributed by atoms with Gasteiger partial charge in [0.05, 0.1) is 6.61 Å². The second-order valence-electron chi connectivity index (χ2n) is 3.05. The summed E-state index contributed by atoms with van der Waals surface area (Å²) in [5, 5.41) is 8.94. The fraction of sp³-hybridized carbons (Fsp3) is 0.273. The highest BCUT2D eigenvalue weighted by Crippen LogP contribution is 2.21. The molecule has 1 aromatic carbocycles. The second-order valence-corrected chi connectivity index (χ2v) is 4.32. The standard InChI is InChI=1S/C11H13ClOS/c1-9(6-12)8-14-11-4-2-3-10(5-11)7-13/h2-6,13H,7-8H2,1H3/b9-6-. The molecule has 0 aliphatic rings. The summed E-state index contributed by atoms with van der Waals surface area (Å²) in [5.74, 6) is 0.887. The zero-order chi connectivity index (χ0) is 10.4. The summed E-state index contributed by atoms with van der Waals surface area (Å²) in [7, 11) is 0. The molecule has 14 heavy (non-hydrogen) atoms. The zero-order valence-electron chi connectivity index (χ0n) is 8.03. The molecule has 0 saturated carbocycles. The summed E-state index contributed by atoms with van der Waals surface area (Å²) < 4.78 is 0. The van der Waals surface area contributed by atoms with Gasteiger partial charge in [-0.2, -0.15) is 0 Å². The van der Waals surface area contributed by atoms with Crippen molar-refractivity contribution in [3.63, 3.8) is 0 Å². The first-order valence-corrected chi connectivity index (χ1v) is 5.77. The Morgan fingerprint density at radius 2 is 2.36 bits per heavy atom. The Hall–Kier alpha value is -0.440. The Bertz CT molecular complexity index is 323. The van der Waals surface area contributed by atoms with Crippen LogP contribution in [0.25, 0.3) is 0 Å². The van der Waals surface area contributed by atoms with Crippen LogP contribution in [0.5, 0.6) is 0 Å². The van der Waals surface area contributed by atoms with Crippen molar-refractivity contribution in [1.29, 1.82) is 0 Å². The van der Waals surface area contributed by atoms with Crippen LogP contribution in [0.2, 0.25) is 0 Å². The number of hydrogen-bond donors (Lipinski definition) is 1. The van der Waals surface area contributed by atoms with Gasteiger partial charge in [-0.1, -0.05) is 29.3 Å². The van der Waals surface area contributed by atoms with Gasteiger partial charge in [0, 0.05) is 16.2 Å². The number of aliphatic hydroxyl groups excluding tert-OH is 1. The number of aliphatic hydroxyl groups is 1. The lowest BCUT2D eigenvalue weighted by molar-refractivity contribution is 0.281.